The molecule has 0 saturated heterocycles. The molecule has 5 heteroatoms. The van der Waals surface area contributed by atoms with Crippen LogP contribution in [0.3, 0.4) is 0 Å². The lowest BCUT2D eigenvalue weighted by molar-refractivity contribution is -0.117. The van der Waals surface area contributed by atoms with E-state index in [4.69, 9.17) is 17.3 Å². The molecule has 0 fully saturated rings. The van der Waals surface area contributed by atoms with E-state index in [1.54, 1.807) is 24.3 Å². The minimum Gasteiger partial charge on any atom is -0.324 e. The van der Waals surface area contributed by atoms with Crippen molar-refractivity contribution in [2.24, 2.45) is 5.73 Å². The van der Waals surface area contributed by atoms with Crippen molar-refractivity contribution in [3.05, 3.63) is 64.9 Å². The molecule has 0 aliphatic heterocycles. The maximum Gasteiger partial charge on any atom is 0.245 e. The van der Waals surface area contributed by atoms with Crippen molar-refractivity contribution in [3.63, 3.8) is 0 Å². The predicted molar refractivity (Wildman–Crippen MR) is 73.4 cm³/mol. The molecule has 1 atom stereocenters. The monoisotopic (exact) mass is 278 g/mol. The van der Waals surface area contributed by atoms with Crippen LogP contribution in [0.2, 0.25) is 5.02 Å². The Balaban J connectivity index is 2.13. The predicted octanol–water partition coefficient (Wildman–Crippen LogP) is 3.12. The van der Waals surface area contributed by atoms with Crippen molar-refractivity contribution in [1.29, 1.82) is 0 Å². The molecule has 0 spiro atoms. The highest BCUT2D eigenvalue weighted by atomic mass is 35.5. The van der Waals surface area contributed by atoms with E-state index in [1.165, 1.54) is 12.1 Å². The fourth-order valence-electron chi connectivity index (χ4n) is 1.66. The van der Waals surface area contributed by atoms with Crippen LogP contribution in [-0.4, -0.2) is 5.91 Å². The quantitative estimate of drug-likeness (QED) is 0.906. The van der Waals surface area contributed by atoms with Crippen molar-refractivity contribution in [1.82, 2.24) is 0 Å². The second kappa shape index (κ2) is 5.82. The number of anilines is 1. The molecular weight excluding hydrogens is 267 g/mol. The number of carbonyl (C=O) groups is 1. The smallest absolute Gasteiger partial charge is 0.245 e. The zero-order valence-electron chi connectivity index (χ0n) is 9.94. The van der Waals surface area contributed by atoms with E-state index in [9.17, 15) is 9.18 Å². The van der Waals surface area contributed by atoms with Gasteiger partial charge in [-0.05, 0) is 23.8 Å². The molecule has 2 aromatic carbocycles. The summed E-state index contributed by atoms with van der Waals surface area (Å²) in [5, 5.41) is 2.75. The molecule has 0 unspecified atom stereocenters. The number of halogens is 2. The standard InChI is InChI=1S/C14H12ClFN2O/c15-10-6-11(16)8-12(7-10)18-14(19)13(17)9-4-2-1-3-5-9/h1-8,13H,17H2,(H,18,19)/t13-/m1/s1. The molecule has 0 heterocycles. The van der Waals surface area contributed by atoms with E-state index in [0.29, 0.717) is 5.56 Å². The van der Waals surface area contributed by atoms with Gasteiger partial charge in [0.2, 0.25) is 5.91 Å². The fourth-order valence-corrected chi connectivity index (χ4v) is 1.88. The average Bonchev–Trinajstić information content (AvgIpc) is 2.37. The van der Waals surface area contributed by atoms with Gasteiger partial charge >= 0.3 is 0 Å². The normalized spacial score (nSPS) is 11.9. The van der Waals surface area contributed by atoms with E-state index in [0.717, 1.165) is 6.07 Å². The molecule has 0 aliphatic carbocycles. The molecule has 0 saturated carbocycles. The molecule has 98 valence electrons. The number of rotatable bonds is 3. The van der Waals surface area contributed by atoms with Crippen LogP contribution in [-0.2, 0) is 4.79 Å². The third-order valence-corrected chi connectivity index (χ3v) is 2.79. The van der Waals surface area contributed by atoms with Crippen molar-refractivity contribution in [2.75, 3.05) is 5.32 Å². The second-order valence-corrected chi connectivity index (χ2v) is 4.47. The van der Waals surface area contributed by atoms with Crippen LogP contribution >= 0.6 is 11.6 Å². The lowest BCUT2D eigenvalue weighted by atomic mass is 10.1. The number of amides is 1. The summed E-state index contributed by atoms with van der Waals surface area (Å²) in [6.45, 7) is 0. The summed E-state index contributed by atoms with van der Waals surface area (Å²) in [5.41, 5.74) is 6.79. The van der Waals surface area contributed by atoms with Crippen LogP contribution in [0, 0.1) is 5.82 Å². The van der Waals surface area contributed by atoms with Gasteiger partial charge in [-0.3, -0.25) is 4.79 Å². The van der Waals surface area contributed by atoms with E-state index in [-0.39, 0.29) is 10.7 Å². The van der Waals surface area contributed by atoms with Crippen LogP contribution in [0.25, 0.3) is 0 Å². The highest BCUT2D eigenvalue weighted by Gasteiger charge is 2.15. The third kappa shape index (κ3) is 3.53. The lowest BCUT2D eigenvalue weighted by Crippen LogP contribution is -2.27. The topological polar surface area (TPSA) is 55.1 Å². The Kier molecular flexibility index (Phi) is 4.14. The molecule has 2 rings (SSSR count). The highest BCUT2D eigenvalue weighted by molar-refractivity contribution is 6.30. The van der Waals surface area contributed by atoms with Crippen LogP contribution < -0.4 is 11.1 Å². The number of hydrogen-bond acceptors (Lipinski definition) is 2. The largest absolute Gasteiger partial charge is 0.324 e. The highest BCUT2D eigenvalue weighted by Crippen LogP contribution is 2.19. The van der Waals surface area contributed by atoms with E-state index >= 15 is 0 Å². The number of carbonyl (C=O) groups excluding carboxylic acids is 1. The first-order valence-electron chi connectivity index (χ1n) is 5.64. The lowest BCUT2D eigenvalue weighted by Gasteiger charge is -2.12. The summed E-state index contributed by atoms with van der Waals surface area (Å²) in [6, 6.07) is 11.9. The van der Waals surface area contributed by atoms with Crippen LogP contribution in [0.4, 0.5) is 10.1 Å². The molecule has 0 radical (unpaired) electrons. The molecule has 1 amide bonds. The summed E-state index contributed by atoms with van der Waals surface area (Å²) in [6.07, 6.45) is 0. The van der Waals surface area contributed by atoms with E-state index in [2.05, 4.69) is 5.32 Å². The van der Waals surface area contributed by atoms with Gasteiger partial charge in [0, 0.05) is 10.7 Å². The molecule has 0 aromatic heterocycles. The molecule has 19 heavy (non-hydrogen) atoms. The van der Waals surface area contributed by atoms with Gasteiger partial charge < -0.3 is 11.1 Å². The zero-order chi connectivity index (χ0) is 13.8. The maximum atomic E-state index is 13.1. The van der Waals surface area contributed by atoms with Gasteiger partial charge in [-0.2, -0.15) is 0 Å². The summed E-state index contributed by atoms with van der Waals surface area (Å²) >= 11 is 5.71. The summed E-state index contributed by atoms with van der Waals surface area (Å²) < 4.78 is 13.1. The SMILES string of the molecule is N[C@@H](C(=O)Nc1cc(F)cc(Cl)c1)c1ccccc1. The van der Waals surface area contributed by atoms with Crippen molar-refractivity contribution in [3.8, 4) is 0 Å². The summed E-state index contributed by atoms with van der Waals surface area (Å²) in [4.78, 5) is 11.9. The summed E-state index contributed by atoms with van der Waals surface area (Å²) in [5.74, 6) is -0.941. The first-order chi connectivity index (χ1) is 9.06. The first kappa shape index (κ1) is 13.5. The third-order valence-electron chi connectivity index (χ3n) is 2.57. The van der Waals surface area contributed by atoms with Gasteiger partial charge in [0.1, 0.15) is 11.9 Å². The minimum absolute atomic E-state index is 0.212. The van der Waals surface area contributed by atoms with Crippen molar-refractivity contribution < 1.29 is 9.18 Å². The Hall–Kier alpha value is -1.91. The molecular formula is C14H12ClFN2O. The fraction of sp³-hybridized carbons (Fsp3) is 0.0714. The van der Waals surface area contributed by atoms with Crippen molar-refractivity contribution in [2.45, 2.75) is 6.04 Å². The molecule has 3 nitrogen and oxygen atoms in total. The zero-order valence-corrected chi connectivity index (χ0v) is 10.7. The van der Waals surface area contributed by atoms with Crippen LogP contribution in [0.1, 0.15) is 11.6 Å². The Bertz CT molecular complexity index is 569. The molecule has 2 aromatic rings. The molecule has 0 bridgehead atoms. The minimum atomic E-state index is -0.816. The van der Waals surface area contributed by atoms with Gasteiger partial charge in [0.25, 0.3) is 0 Å². The van der Waals surface area contributed by atoms with Gasteiger partial charge in [0.05, 0.1) is 0 Å². The number of nitrogens with two attached hydrogens (primary N) is 1. The second-order valence-electron chi connectivity index (χ2n) is 4.04. The molecule has 0 aliphatic rings. The van der Waals surface area contributed by atoms with Crippen LogP contribution in [0.15, 0.2) is 48.5 Å². The Labute approximate surface area is 115 Å². The van der Waals surface area contributed by atoms with Gasteiger partial charge in [-0.15, -0.1) is 0 Å². The average molecular weight is 279 g/mol. The Morgan fingerprint density at radius 3 is 2.53 bits per heavy atom. The van der Waals surface area contributed by atoms with Crippen molar-refractivity contribution >= 4 is 23.2 Å². The number of benzene rings is 2. The maximum absolute atomic E-state index is 13.1. The number of nitrogens with one attached hydrogen (secondary N) is 1. The van der Waals surface area contributed by atoms with Gasteiger partial charge in [0.15, 0.2) is 0 Å². The van der Waals surface area contributed by atoms with Gasteiger partial charge in [-0.25, -0.2) is 4.39 Å². The first-order valence-corrected chi connectivity index (χ1v) is 6.01. The van der Waals surface area contributed by atoms with Gasteiger partial charge in [-0.1, -0.05) is 41.9 Å². The summed E-state index contributed by atoms with van der Waals surface area (Å²) in [7, 11) is 0. The Morgan fingerprint density at radius 1 is 1.21 bits per heavy atom. The van der Waals surface area contributed by atoms with Crippen LogP contribution in [0.5, 0.6) is 0 Å². The van der Waals surface area contributed by atoms with E-state index < -0.39 is 17.8 Å². The van der Waals surface area contributed by atoms with E-state index in [1.807, 2.05) is 6.07 Å². The number of hydrogen-bond donors (Lipinski definition) is 2. The molecule has 3 N–H and O–H groups in total. The Morgan fingerprint density at radius 2 is 1.89 bits per heavy atom.